The van der Waals surface area contributed by atoms with Gasteiger partial charge in [-0.3, -0.25) is 0 Å². The van der Waals surface area contributed by atoms with Gasteiger partial charge in [0.2, 0.25) is 5.82 Å². The van der Waals surface area contributed by atoms with Crippen LogP contribution in [0.2, 0.25) is 0 Å². The number of nitrogens with zero attached hydrogens (tertiary/aromatic N) is 4. The van der Waals surface area contributed by atoms with Crippen molar-refractivity contribution < 1.29 is 31.8 Å². The van der Waals surface area contributed by atoms with Crippen molar-refractivity contribution in [2.24, 2.45) is 5.92 Å². The maximum atomic E-state index is 15.8. The van der Waals surface area contributed by atoms with Crippen molar-refractivity contribution in [2.45, 2.75) is 19.0 Å². The van der Waals surface area contributed by atoms with Gasteiger partial charge >= 0.3 is 12.2 Å². The summed E-state index contributed by atoms with van der Waals surface area (Å²) in [6.45, 7) is -0.162. The van der Waals surface area contributed by atoms with Crippen molar-refractivity contribution >= 4 is 11.7 Å². The number of carbonyl (C=O) groups is 1. The first-order chi connectivity index (χ1) is 16.7. The van der Waals surface area contributed by atoms with E-state index in [0.29, 0.717) is 11.3 Å². The number of aromatic nitrogens is 4. The molecule has 0 saturated carbocycles. The summed E-state index contributed by atoms with van der Waals surface area (Å²) in [6.07, 6.45) is -4.70. The van der Waals surface area contributed by atoms with E-state index in [1.807, 2.05) is 0 Å². The number of urea groups is 1. The number of H-pyrrole nitrogens is 1. The van der Waals surface area contributed by atoms with Crippen molar-refractivity contribution in [3.8, 4) is 34.0 Å². The minimum Gasteiger partial charge on any atom is -0.497 e. The third-order valence-corrected chi connectivity index (χ3v) is 5.88. The fourth-order valence-corrected chi connectivity index (χ4v) is 4.02. The first-order valence-corrected chi connectivity index (χ1v) is 10.6. The van der Waals surface area contributed by atoms with Crippen LogP contribution in [0.1, 0.15) is 12.8 Å². The van der Waals surface area contributed by atoms with Crippen LogP contribution in [0.25, 0.3) is 22.5 Å². The highest BCUT2D eigenvalue weighted by atomic mass is 19.4. The smallest absolute Gasteiger partial charge is 0.391 e. The predicted octanol–water partition coefficient (Wildman–Crippen LogP) is 4.50. The summed E-state index contributed by atoms with van der Waals surface area (Å²) in [7, 11) is 2.75. The molecule has 0 atom stereocenters. The standard InChI is InChI=1S/C22H22F4N6O3/c1-34-14-5-3-12(4-6-14)17-15(20-28-30-31-29-20)11-16(19(35-2)18(17)23)27-21(33)32-9-7-13(8-10-32)22(24,25)26/h3-6,11,13H,7-10H2,1-2H3,(H,27,33)(H,28,29,30,31). The molecule has 1 fully saturated rings. The van der Waals surface area contributed by atoms with Gasteiger partial charge in [-0.2, -0.15) is 18.4 Å². The number of anilines is 1. The number of carbonyl (C=O) groups excluding carboxylic acids is 1. The predicted molar refractivity (Wildman–Crippen MR) is 117 cm³/mol. The van der Waals surface area contributed by atoms with E-state index in [9.17, 15) is 18.0 Å². The van der Waals surface area contributed by atoms with E-state index in [4.69, 9.17) is 9.47 Å². The van der Waals surface area contributed by atoms with Crippen molar-refractivity contribution in [1.29, 1.82) is 0 Å². The van der Waals surface area contributed by atoms with Crippen LogP contribution < -0.4 is 14.8 Å². The van der Waals surface area contributed by atoms with Gasteiger partial charge in [-0.25, -0.2) is 9.18 Å². The summed E-state index contributed by atoms with van der Waals surface area (Å²) in [5.74, 6) is -1.85. The molecule has 0 unspecified atom stereocenters. The molecule has 0 aliphatic carbocycles. The van der Waals surface area contributed by atoms with Gasteiger partial charge in [0.05, 0.1) is 25.8 Å². The minimum absolute atomic E-state index is 0.0231. The maximum Gasteiger partial charge on any atom is 0.391 e. The first-order valence-electron chi connectivity index (χ1n) is 10.6. The molecule has 35 heavy (non-hydrogen) atoms. The molecule has 0 spiro atoms. The summed E-state index contributed by atoms with van der Waals surface area (Å²) < 4.78 is 65.1. The number of benzene rings is 2. The number of ether oxygens (including phenoxy) is 2. The SMILES string of the molecule is COc1ccc(-c2c(-c3nn[nH]n3)cc(NC(=O)N3CCC(C(F)(F)F)CC3)c(OC)c2F)cc1. The van der Waals surface area contributed by atoms with Gasteiger partial charge in [0, 0.05) is 24.2 Å². The number of nitrogens with one attached hydrogen (secondary N) is 2. The van der Waals surface area contributed by atoms with Gasteiger partial charge in [-0.15, -0.1) is 10.2 Å². The largest absolute Gasteiger partial charge is 0.497 e. The Labute approximate surface area is 197 Å². The van der Waals surface area contributed by atoms with Gasteiger partial charge in [0.25, 0.3) is 0 Å². The Balaban J connectivity index is 1.68. The zero-order valence-corrected chi connectivity index (χ0v) is 18.8. The van der Waals surface area contributed by atoms with Crippen LogP contribution in [0.5, 0.6) is 11.5 Å². The molecule has 1 saturated heterocycles. The number of aromatic amines is 1. The molecular formula is C22H22F4N6O3. The van der Waals surface area contributed by atoms with Crippen LogP contribution in [0.3, 0.4) is 0 Å². The van der Waals surface area contributed by atoms with E-state index in [-0.39, 0.29) is 54.3 Å². The van der Waals surface area contributed by atoms with E-state index in [1.54, 1.807) is 24.3 Å². The molecule has 0 radical (unpaired) electrons. The molecule has 2 N–H and O–H groups in total. The van der Waals surface area contributed by atoms with Crippen molar-refractivity contribution in [3.05, 3.63) is 36.1 Å². The van der Waals surface area contributed by atoms with Gasteiger partial charge in [0.15, 0.2) is 11.6 Å². The Morgan fingerprint density at radius 2 is 1.83 bits per heavy atom. The van der Waals surface area contributed by atoms with Crippen LogP contribution >= 0.6 is 0 Å². The quantitative estimate of drug-likeness (QED) is 0.507. The normalized spacial score (nSPS) is 14.6. The lowest BCUT2D eigenvalue weighted by Gasteiger charge is -2.33. The second kappa shape index (κ2) is 9.76. The van der Waals surface area contributed by atoms with Crippen molar-refractivity contribution in [3.63, 3.8) is 0 Å². The van der Waals surface area contributed by atoms with E-state index >= 15 is 4.39 Å². The fraction of sp³-hybridized carbons (Fsp3) is 0.364. The number of halogens is 4. The van der Waals surface area contributed by atoms with E-state index in [0.717, 1.165) is 0 Å². The summed E-state index contributed by atoms with van der Waals surface area (Å²) in [6, 6.07) is 7.36. The van der Waals surface area contributed by atoms with Crippen LogP contribution in [-0.2, 0) is 0 Å². The zero-order valence-electron chi connectivity index (χ0n) is 18.8. The van der Waals surface area contributed by atoms with Gasteiger partial charge in [-0.1, -0.05) is 12.1 Å². The topological polar surface area (TPSA) is 105 Å². The molecular weight excluding hydrogens is 472 g/mol. The number of amides is 2. The molecule has 1 aromatic heterocycles. The number of alkyl halides is 3. The van der Waals surface area contributed by atoms with Crippen LogP contribution in [-0.4, -0.2) is 65.0 Å². The minimum atomic E-state index is -4.30. The van der Waals surface area contributed by atoms with Crippen molar-refractivity contribution in [2.75, 3.05) is 32.6 Å². The molecule has 186 valence electrons. The number of methoxy groups -OCH3 is 2. The lowest BCUT2D eigenvalue weighted by molar-refractivity contribution is -0.183. The number of likely N-dealkylation sites (tertiary alicyclic amines) is 1. The Bertz CT molecular complexity index is 1180. The van der Waals surface area contributed by atoms with Gasteiger partial charge in [-0.05, 0) is 41.8 Å². The highest BCUT2D eigenvalue weighted by molar-refractivity contribution is 5.95. The molecule has 1 aliphatic rings. The average Bonchev–Trinajstić information content (AvgIpc) is 3.38. The Kier molecular flexibility index (Phi) is 6.76. The van der Waals surface area contributed by atoms with E-state index in [1.165, 1.54) is 25.2 Å². The number of piperidine rings is 1. The summed E-state index contributed by atoms with van der Waals surface area (Å²) in [5, 5.41) is 16.3. The fourth-order valence-electron chi connectivity index (χ4n) is 4.02. The molecule has 4 rings (SSSR count). The Morgan fingerprint density at radius 3 is 2.37 bits per heavy atom. The first kappa shape index (κ1) is 24.2. The molecule has 2 amide bonds. The zero-order chi connectivity index (χ0) is 25.2. The summed E-state index contributed by atoms with van der Waals surface area (Å²) >= 11 is 0. The molecule has 13 heteroatoms. The van der Waals surface area contributed by atoms with Gasteiger partial charge < -0.3 is 19.7 Å². The highest BCUT2D eigenvalue weighted by Crippen LogP contribution is 2.42. The van der Waals surface area contributed by atoms with Crippen LogP contribution in [0.15, 0.2) is 30.3 Å². The summed E-state index contributed by atoms with van der Waals surface area (Å²) in [4.78, 5) is 14.1. The molecule has 3 aromatic rings. The average molecular weight is 494 g/mol. The monoisotopic (exact) mass is 494 g/mol. The number of hydrogen-bond donors (Lipinski definition) is 2. The molecule has 2 aromatic carbocycles. The van der Waals surface area contributed by atoms with E-state index < -0.39 is 23.9 Å². The molecule has 9 nitrogen and oxygen atoms in total. The van der Waals surface area contributed by atoms with Crippen LogP contribution in [0.4, 0.5) is 28.0 Å². The maximum absolute atomic E-state index is 15.8. The number of tetrazole rings is 1. The summed E-state index contributed by atoms with van der Waals surface area (Å²) in [5.41, 5.74) is 0.765. The lowest BCUT2D eigenvalue weighted by Crippen LogP contribution is -2.44. The Hall–Kier alpha value is -3.90. The second-order valence-corrected chi connectivity index (χ2v) is 7.89. The molecule has 0 bridgehead atoms. The third-order valence-electron chi connectivity index (χ3n) is 5.88. The van der Waals surface area contributed by atoms with Crippen molar-refractivity contribution in [1.82, 2.24) is 25.5 Å². The number of hydrogen-bond acceptors (Lipinski definition) is 6. The van der Waals surface area contributed by atoms with Crippen LogP contribution in [0, 0.1) is 11.7 Å². The molecule has 2 heterocycles. The van der Waals surface area contributed by atoms with Gasteiger partial charge in [0.1, 0.15) is 5.75 Å². The highest BCUT2D eigenvalue weighted by Gasteiger charge is 2.41. The molecule has 1 aliphatic heterocycles. The third kappa shape index (κ3) is 4.98. The second-order valence-electron chi connectivity index (χ2n) is 7.89. The Morgan fingerprint density at radius 1 is 1.14 bits per heavy atom. The van der Waals surface area contributed by atoms with E-state index in [2.05, 4.69) is 25.9 Å². The number of rotatable bonds is 5. The lowest BCUT2D eigenvalue weighted by atomic mass is 9.96.